The number of halogens is 3. The van der Waals surface area contributed by atoms with Crippen molar-refractivity contribution in [1.29, 1.82) is 0 Å². The second kappa shape index (κ2) is 8.79. The first-order valence-corrected chi connectivity index (χ1v) is 8.64. The fourth-order valence-electron chi connectivity index (χ4n) is 2.22. The summed E-state index contributed by atoms with van der Waals surface area (Å²) in [6.07, 6.45) is 0. The van der Waals surface area contributed by atoms with Crippen molar-refractivity contribution < 1.29 is 32.2 Å². The molecule has 0 fully saturated rings. The van der Waals surface area contributed by atoms with Crippen molar-refractivity contribution in [2.45, 2.75) is 13.2 Å². The third-order valence-corrected chi connectivity index (χ3v) is 4.03. The summed E-state index contributed by atoms with van der Waals surface area (Å²) in [5.74, 6) is -0.537. The van der Waals surface area contributed by atoms with Crippen molar-refractivity contribution in [3.05, 3.63) is 58.4 Å². The maximum atomic E-state index is 12.4. The lowest BCUT2D eigenvalue weighted by Crippen LogP contribution is -2.07. The Hall–Kier alpha value is -3.01. The standard InChI is InChI=1S/C18H13BrF2N2O5/c1-25-14-8-11(4-7-13(14)27-18(20)21)17(24)26-9-15-22-23-16(28-15)10-2-5-12(19)6-3-10/h2-8,18H,9H2,1H3. The second-order valence-corrected chi connectivity index (χ2v) is 6.24. The Kier molecular flexibility index (Phi) is 6.19. The zero-order valence-corrected chi connectivity index (χ0v) is 16.0. The minimum Gasteiger partial charge on any atom is -0.493 e. The zero-order valence-electron chi connectivity index (χ0n) is 14.4. The van der Waals surface area contributed by atoms with Gasteiger partial charge in [0.15, 0.2) is 18.1 Å². The van der Waals surface area contributed by atoms with Crippen LogP contribution in [0.1, 0.15) is 16.2 Å². The summed E-state index contributed by atoms with van der Waals surface area (Å²) in [6, 6.07) is 11.0. The predicted molar refractivity (Wildman–Crippen MR) is 96.2 cm³/mol. The van der Waals surface area contributed by atoms with Crippen LogP contribution in [0.2, 0.25) is 0 Å². The van der Waals surface area contributed by atoms with Crippen molar-refractivity contribution in [1.82, 2.24) is 10.2 Å². The van der Waals surface area contributed by atoms with Crippen molar-refractivity contribution in [3.63, 3.8) is 0 Å². The minimum atomic E-state index is -3.01. The van der Waals surface area contributed by atoms with Crippen molar-refractivity contribution >= 4 is 21.9 Å². The number of ether oxygens (including phenoxy) is 3. The Bertz CT molecular complexity index is 963. The number of carbonyl (C=O) groups excluding carboxylic acids is 1. The molecule has 0 saturated heterocycles. The summed E-state index contributed by atoms with van der Waals surface area (Å²) in [5, 5.41) is 7.73. The number of hydrogen-bond acceptors (Lipinski definition) is 7. The first-order valence-electron chi connectivity index (χ1n) is 7.84. The highest BCUT2D eigenvalue weighted by Gasteiger charge is 2.16. The Morgan fingerprint density at radius 3 is 2.57 bits per heavy atom. The van der Waals surface area contributed by atoms with Crippen LogP contribution in [0.5, 0.6) is 11.5 Å². The predicted octanol–water partition coefficient (Wildman–Crippen LogP) is 4.47. The second-order valence-electron chi connectivity index (χ2n) is 5.33. The topological polar surface area (TPSA) is 83.7 Å². The van der Waals surface area contributed by atoms with Crippen LogP contribution < -0.4 is 9.47 Å². The third kappa shape index (κ3) is 4.83. The number of nitrogens with zero attached hydrogens (tertiary/aromatic N) is 2. The van der Waals surface area contributed by atoms with E-state index in [1.807, 2.05) is 12.1 Å². The van der Waals surface area contributed by atoms with Crippen molar-refractivity contribution in [2.24, 2.45) is 0 Å². The lowest BCUT2D eigenvalue weighted by Gasteiger charge is -2.10. The molecule has 0 atom stereocenters. The van der Waals surface area contributed by atoms with Crippen LogP contribution in [-0.4, -0.2) is 29.9 Å². The first-order chi connectivity index (χ1) is 13.5. The molecule has 10 heteroatoms. The largest absolute Gasteiger partial charge is 0.493 e. The summed E-state index contributed by atoms with van der Waals surface area (Å²) < 4.78 is 45.4. The molecule has 7 nitrogen and oxygen atoms in total. The van der Waals surface area contributed by atoms with E-state index in [-0.39, 0.29) is 35.5 Å². The first kappa shape index (κ1) is 19.7. The highest BCUT2D eigenvalue weighted by molar-refractivity contribution is 9.10. The molecule has 0 unspecified atom stereocenters. The van der Waals surface area contributed by atoms with Gasteiger partial charge < -0.3 is 18.6 Å². The van der Waals surface area contributed by atoms with Gasteiger partial charge in [-0.1, -0.05) is 15.9 Å². The molecule has 3 aromatic rings. The van der Waals surface area contributed by atoms with E-state index in [0.717, 1.165) is 4.47 Å². The Balaban J connectivity index is 1.65. The van der Waals surface area contributed by atoms with E-state index >= 15 is 0 Å². The molecule has 0 aliphatic carbocycles. The highest BCUT2D eigenvalue weighted by atomic mass is 79.9. The number of benzene rings is 2. The minimum absolute atomic E-state index is 0.0231. The van der Waals surface area contributed by atoms with Gasteiger partial charge in [-0.15, -0.1) is 10.2 Å². The molecule has 1 aromatic heterocycles. The summed E-state index contributed by atoms with van der Waals surface area (Å²) in [7, 11) is 1.27. The van der Waals surface area contributed by atoms with Crippen LogP contribution in [-0.2, 0) is 11.3 Å². The molecule has 146 valence electrons. The van der Waals surface area contributed by atoms with Crippen LogP contribution in [0.3, 0.4) is 0 Å². The molecule has 3 rings (SSSR count). The van der Waals surface area contributed by atoms with E-state index in [9.17, 15) is 13.6 Å². The van der Waals surface area contributed by atoms with Gasteiger partial charge in [0.1, 0.15) is 0 Å². The molecule has 2 aromatic carbocycles. The number of carbonyl (C=O) groups is 1. The lowest BCUT2D eigenvalue weighted by atomic mass is 10.2. The summed E-state index contributed by atoms with van der Waals surface area (Å²) in [6.45, 7) is -3.26. The van der Waals surface area contributed by atoms with E-state index in [1.54, 1.807) is 12.1 Å². The van der Waals surface area contributed by atoms with Crippen LogP contribution in [0, 0.1) is 0 Å². The molecule has 0 bridgehead atoms. The molecule has 0 spiro atoms. The van der Waals surface area contributed by atoms with Crippen LogP contribution in [0.25, 0.3) is 11.5 Å². The van der Waals surface area contributed by atoms with Crippen LogP contribution >= 0.6 is 15.9 Å². The molecule has 0 N–H and O–H groups in total. The monoisotopic (exact) mass is 454 g/mol. The van der Waals surface area contributed by atoms with Gasteiger partial charge in [0.2, 0.25) is 5.89 Å². The Labute approximate surface area is 166 Å². The molecule has 28 heavy (non-hydrogen) atoms. The van der Waals surface area contributed by atoms with E-state index in [1.165, 1.54) is 25.3 Å². The maximum absolute atomic E-state index is 12.4. The maximum Gasteiger partial charge on any atom is 0.387 e. The molecular formula is C18H13BrF2N2O5. The SMILES string of the molecule is COc1cc(C(=O)OCc2nnc(-c3ccc(Br)cc3)o2)ccc1OC(F)F. The molecule has 0 radical (unpaired) electrons. The highest BCUT2D eigenvalue weighted by Crippen LogP contribution is 2.30. The summed E-state index contributed by atoms with van der Waals surface area (Å²) in [5.41, 5.74) is 0.804. The van der Waals surface area contributed by atoms with Gasteiger partial charge in [0.05, 0.1) is 12.7 Å². The molecule has 0 aliphatic rings. The Morgan fingerprint density at radius 1 is 1.14 bits per heavy atom. The van der Waals surface area contributed by atoms with E-state index in [0.29, 0.717) is 5.56 Å². The fourth-order valence-corrected chi connectivity index (χ4v) is 2.48. The molecule has 0 saturated carbocycles. The van der Waals surface area contributed by atoms with Crippen molar-refractivity contribution in [2.75, 3.05) is 7.11 Å². The van der Waals surface area contributed by atoms with Gasteiger partial charge in [-0.05, 0) is 42.5 Å². The van der Waals surface area contributed by atoms with Gasteiger partial charge >= 0.3 is 12.6 Å². The van der Waals surface area contributed by atoms with E-state index < -0.39 is 12.6 Å². The summed E-state index contributed by atoms with van der Waals surface area (Å²) >= 11 is 3.33. The number of alkyl halides is 2. The number of methoxy groups -OCH3 is 1. The average molecular weight is 455 g/mol. The number of hydrogen-bond donors (Lipinski definition) is 0. The third-order valence-electron chi connectivity index (χ3n) is 3.50. The van der Waals surface area contributed by atoms with Crippen molar-refractivity contribution in [3.8, 4) is 23.0 Å². The normalized spacial score (nSPS) is 10.8. The van der Waals surface area contributed by atoms with Gasteiger partial charge in [0.25, 0.3) is 5.89 Å². The Morgan fingerprint density at radius 2 is 1.89 bits per heavy atom. The lowest BCUT2D eigenvalue weighted by molar-refractivity contribution is -0.0512. The van der Waals surface area contributed by atoms with Gasteiger partial charge in [-0.2, -0.15) is 8.78 Å². The number of esters is 1. The molecule has 0 amide bonds. The quantitative estimate of drug-likeness (QED) is 0.487. The van der Waals surface area contributed by atoms with Gasteiger partial charge in [-0.25, -0.2) is 4.79 Å². The van der Waals surface area contributed by atoms with Crippen LogP contribution in [0.4, 0.5) is 8.78 Å². The van der Waals surface area contributed by atoms with E-state index in [2.05, 4.69) is 30.9 Å². The fraction of sp³-hybridized carbons (Fsp3) is 0.167. The summed E-state index contributed by atoms with van der Waals surface area (Å²) in [4.78, 5) is 12.2. The molecule has 1 heterocycles. The molecule has 0 aliphatic heterocycles. The smallest absolute Gasteiger partial charge is 0.387 e. The average Bonchev–Trinajstić information content (AvgIpc) is 3.15. The van der Waals surface area contributed by atoms with Crippen LogP contribution in [0.15, 0.2) is 51.4 Å². The van der Waals surface area contributed by atoms with Gasteiger partial charge in [0, 0.05) is 10.0 Å². The van der Waals surface area contributed by atoms with E-state index in [4.69, 9.17) is 13.9 Å². The number of aromatic nitrogens is 2. The number of rotatable bonds is 7. The zero-order chi connectivity index (χ0) is 20.1. The van der Waals surface area contributed by atoms with Gasteiger partial charge in [-0.3, -0.25) is 0 Å². The molecular weight excluding hydrogens is 442 g/mol.